The first kappa shape index (κ1) is 19.3. The summed E-state index contributed by atoms with van der Waals surface area (Å²) in [5.74, 6) is -0.368. The van der Waals surface area contributed by atoms with Gasteiger partial charge in [0.15, 0.2) is 0 Å². The van der Waals surface area contributed by atoms with Gasteiger partial charge in [0.25, 0.3) is 0 Å². The molecule has 7 heteroatoms. The molecule has 3 rings (SSSR count). The van der Waals surface area contributed by atoms with Crippen molar-refractivity contribution in [3.8, 4) is 0 Å². The van der Waals surface area contributed by atoms with E-state index in [4.69, 9.17) is 0 Å². The maximum absolute atomic E-state index is 13.1. The number of piperidine rings is 1. The lowest BCUT2D eigenvalue weighted by Crippen LogP contribution is -2.49. The third-order valence-corrected chi connectivity index (χ3v) is 7.52. The summed E-state index contributed by atoms with van der Waals surface area (Å²) in [7, 11) is -3.70. The van der Waals surface area contributed by atoms with Gasteiger partial charge in [0.1, 0.15) is 5.82 Å². The summed E-state index contributed by atoms with van der Waals surface area (Å²) in [5.41, 5.74) is 0. The number of nitrogens with zero attached hydrogens (tertiary/aromatic N) is 1. The molecule has 1 aliphatic carbocycles. The van der Waals surface area contributed by atoms with Crippen LogP contribution in [-0.2, 0) is 14.8 Å². The summed E-state index contributed by atoms with van der Waals surface area (Å²) in [4.78, 5) is 12.8. The van der Waals surface area contributed by atoms with Crippen molar-refractivity contribution < 1.29 is 17.6 Å². The van der Waals surface area contributed by atoms with Gasteiger partial charge in [-0.15, -0.1) is 0 Å². The summed E-state index contributed by atoms with van der Waals surface area (Å²) in [6.45, 7) is 2.74. The van der Waals surface area contributed by atoms with Crippen LogP contribution in [0.15, 0.2) is 29.2 Å². The second-order valence-electron chi connectivity index (χ2n) is 7.53. The van der Waals surface area contributed by atoms with Gasteiger partial charge in [-0.2, -0.15) is 4.31 Å². The van der Waals surface area contributed by atoms with Gasteiger partial charge < -0.3 is 5.32 Å². The van der Waals surface area contributed by atoms with E-state index in [1.807, 2.05) is 0 Å². The molecular formula is C19H27FN2O3S. The Hall–Kier alpha value is -1.47. The van der Waals surface area contributed by atoms with E-state index < -0.39 is 15.8 Å². The Morgan fingerprint density at radius 1 is 1.12 bits per heavy atom. The zero-order valence-corrected chi connectivity index (χ0v) is 16.0. The van der Waals surface area contributed by atoms with Crippen LogP contribution in [0.5, 0.6) is 0 Å². The minimum atomic E-state index is -3.70. The number of sulfonamides is 1. The first-order valence-electron chi connectivity index (χ1n) is 9.44. The molecule has 0 radical (unpaired) electrons. The van der Waals surface area contributed by atoms with Crippen molar-refractivity contribution in [2.75, 3.05) is 13.1 Å². The number of hydrogen-bond acceptors (Lipinski definition) is 3. The quantitative estimate of drug-likeness (QED) is 0.871. The van der Waals surface area contributed by atoms with Gasteiger partial charge in [0.2, 0.25) is 15.9 Å². The third kappa shape index (κ3) is 4.26. The van der Waals surface area contributed by atoms with Crippen LogP contribution in [0.2, 0.25) is 0 Å². The van der Waals surface area contributed by atoms with E-state index in [1.54, 1.807) is 0 Å². The first-order valence-corrected chi connectivity index (χ1v) is 10.9. The predicted octanol–water partition coefficient (Wildman–Crippen LogP) is 2.92. The number of hydrogen-bond donors (Lipinski definition) is 1. The fraction of sp³-hybridized carbons (Fsp3) is 0.632. The lowest BCUT2D eigenvalue weighted by Gasteiger charge is -2.34. The van der Waals surface area contributed by atoms with Gasteiger partial charge in [0, 0.05) is 19.1 Å². The number of amides is 1. The molecule has 5 nitrogen and oxygen atoms in total. The first-order chi connectivity index (χ1) is 12.4. The van der Waals surface area contributed by atoms with Crippen molar-refractivity contribution in [2.24, 2.45) is 11.8 Å². The summed E-state index contributed by atoms with van der Waals surface area (Å²) >= 11 is 0. The second-order valence-corrected chi connectivity index (χ2v) is 9.47. The number of carbonyl (C=O) groups is 1. The van der Waals surface area contributed by atoms with Gasteiger partial charge in [0.05, 0.1) is 10.8 Å². The summed E-state index contributed by atoms with van der Waals surface area (Å²) < 4.78 is 40.0. The molecule has 1 aliphatic heterocycles. The topological polar surface area (TPSA) is 66.5 Å². The van der Waals surface area contributed by atoms with E-state index in [-0.39, 0.29) is 29.3 Å². The molecule has 0 bridgehead atoms. The predicted molar refractivity (Wildman–Crippen MR) is 97.4 cm³/mol. The van der Waals surface area contributed by atoms with Crippen molar-refractivity contribution in [1.29, 1.82) is 0 Å². The molecule has 144 valence electrons. The zero-order valence-electron chi connectivity index (χ0n) is 15.2. The van der Waals surface area contributed by atoms with E-state index in [2.05, 4.69) is 12.2 Å². The average Bonchev–Trinajstić information content (AvgIpc) is 2.64. The zero-order chi connectivity index (χ0) is 18.7. The molecule has 2 fully saturated rings. The van der Waals surface area contributed by atoms with Crippen LogP contribution in [0.4, 0.5) is 4.39 Å². The summed E-state index contributed by atoms with van der Waals surface area (Å²) in [6, 6.07) is 5.04. The number of nitrogens with one attached hydrogen (secondary N) is 1. The Morgan fingerprint density at radius 3 is 2.50 bits per heavy atom. The van der Waals surface area contributed by atoms with Crippen LogP contribution in [0.3, 0.4) is 0 Å². The Kier molecular flexibility index (Phi) is 5.97. The van der Waals surface area contributed by atoms with E-state index in [1.165, 1.54) is 22.9 Å². The van der Waals surface area contributed by atoms with Crippen LogP contribution < -0.4 is 5.32 Å². The molecule has 1 heterocycles. The molecule has 1 amide bonds. The highest BCUT2D eigenvalue weighted by Gasteiger charge is 2.34. The molecule has 3 unspecified atom stereocenters. The third-order valence-electron chi connectivity index (χ3n) is 5.65. The van der Waals surface area contributed by atoms with Crippen LogP contribution in [0, 0.1) is 17.7 Å². The molecule has 1 aromatic rings. The van der Waals surface area contributed by atoms with E-state index in [9.17, 15) is 17.6 Å². The lowest BCUT2D eigenvalue weighted by atomic mass is 9.85. The van der Waals surface area contributed by atoms with E-state index in [0.29, 0.717) is 25.3 Å². The fourth-order valence-corrected chi connectivity index (χ4v) is 5.49. The highest BCUT2D eigenvalue weighted by Crippen LogP contribution is 2.27. The SMILES string of the molecule is CC1CCCCC1NC(=O)C1CCCN(S(=O)(=O)c2ccc(F)cc2)C1. The molecule has 0 aromatic heterocycles. The maximum Gasteiger partial charge on any atom is 0.243 e. The Balaban J connectivity index is 1.66. The van der Waals surface area contributed by atoms with E-state index >= 15 is 0 Å². The molecule has 2 aliphatic rings. The number of rotatable bonds is 4. The molecule has 1 aromatic carbocycles. The largest absolute Gasteiger partial charge is 0.353 e. The molecule has 1 N–H and O–H groups in total. The van der Waals surface area contributed by atoms with E-state index in [0.717, 1.165) is 31.4 Å². The summed E-state index contributed by atoms with van der Waals surface area (Å²) in [5, 5.41) is 3.15. The van der Waals surface area contributed by atoms with Gasteiger partial charge in [-0.3, -0.25) is 4.79 Å². The Labute approximate surface area is 155 Å². The molecule has 3 atom stereocenters. The van der Waals surface area contributed by atoms with Gasteiger partial charge in [-0.1, -0.05) is 19.8 Å². The van der Waals surface area contributed by atoms with Crippen molar-refractivity contribution in [3.63, 3.8) is 0 Å². The second kappa shape index (κ2) is 8.05. The number of halogens is 1. The molecular weight excluding hydrogens is 355 g/mol. The van der Waals surface area contributed by atoms with Gasteiger partial charge in [-0.05, 0) is 55.9 Å². The minimum Gasteiger partial charge on any atom is -0.353 e. The lowest BCUT2D eigenvalue weighted by molar-refractivity contribution is -0.127. The van der Waals surface area contributed by atoms with Crippen molar-refractivity contribution >= 4 is 15.9 Å². The number of benzene rings is 1. The molecule has 26 heavy (non-hydrogen) atoms. The summed E-state index contributed by atoms with van der Waals surface area (Å²) in [6.07, 6.45) is 5.81. The highest BCUT2D eigenvalue weighted by molar-refractivity contribution is 7.89. The maximum atomic E-state index is 13.1. The van der Waals surface area contributed by atoms with Crippen molar-refractivity contribution in [1.82, 2.24) is 9.62 Å². The minimum absolute atomic E-state index is 0.0391. The fourth-order valence-electron chi connectivity index (χ4n) is 3.96. The number of carbonyl (C=O) groups excluding carboxylic acids is 1. The Morgan fingerprint density at radius 2 is 1.81 bits per heavy atom. The molecule has 1 saturated carbocycles. The van der Waals surface area contributed by atoms with Gasteiger partial charge in [-0.25, -0.2) is 12.8 Å². The molecule has 0 spiro atoms. The Bertz CT molecular complexity index is 736. The average molecular weight is 383 g/mol. The standard InChI is InChI=1S/C19H27FN2O3S/c1-14-5-2-3-7-18(14)21-19(23)15-6-4-12-22(13-15)26(24,25)17-10-8-16(20)9-11-17/h8-11,14-15,18H,2-7,12-13H2,1H3,(H,21,23). The van der Waals surface area contributed by atoms with Crippen LogP contribution >= 0.6 is 0 Å². The highest BCUT2D eigenvalue weighted by atomic mass is 32.2. The van der Waals surface area contributed by atoms with Crippen molar-refractivity contribution in [3.05, 3.63) is 30.1 Å². The van der Waals surface area contributed by atoms with Crippen LogP contribution in [0.1, 0.15) is 45.4 Å². The normalized spacial score (nSPS) is 27.8. The van der Waals surface area contributed by atoms with Crippen molar-refractivity contribution in [2.45, 2.75) is 56.4 Å². The molecule has 1 saturated heterocycles. The smallest absolute Gasteiger partial charge is 0.243 e. The monoisotopic (exact) mass is 382 g/mol. The van der Waals surface area contributed by atoms with Crippen LogP contribution in [-0.4, -0.2) is 37.8 Å². The van der Waals surface area contributed by atoms with Crippen LogP contribution in [0.25, 0.3) is 0 Å². The van der Waals surface area contributed by atoms with Gasteiger partial charge >= 0.3 is 0 Å².